The summed E-state index contributed by atoms with van der Waals surface area (Å²) in [7, 11) is -1.98. The van der Waals surface area contributed by atoms with E-state index in [0.717, 1.165) is 31.2 Å². The number of hydrogen-bond donors (Lipinski definition) is 1. The Kier molecular flexibility index (Phi) is 8.37. The van der Waals surface area contributed by atoms with Crippen LogP contribution in [0.15, 0.2) is 24.3 Å². The largest absolute Gasteiger partial charge is 0.383 e. The first-order chi connectivity index (χ1) is 12.9. The molecule has 1 saturated carbocycles. The first-order valence-corrected chi connectivity index (χ1v) is 11.1. The number of nitrogens with zero attached hydrogens (tertiary/aromatic N) is 1. The third-order valence-electron chi connectivity index (χ3n) is 4.63. The van der Waals surface area contributed by atoms with Crippen LogP contribution in [0.4, 0.5) is 4.79 Å². The number of nitrogens with one attached hydrogen (secondary N) is 1. The summed E-state index contributed by atoms with van der Waals surface area (Å²) in [5.41, 5.74) is 0.800. The molecule has 0 saturated heterocycles. The van der Waals surface area contributed by atoms with Gasteiger partial charge in [-0.2, -0.15) is 8.42 Å². The molecule has 1 fully saturated rings. The minimum absolute atomic E-state index is 0.0962. The molecular formula is C19H30N2O5S. The zero-order valence-electron chi connectivity index (χ0n) is 16.1. The Bertz CT molecular complexity index is 702. The van der Waals surface area contributed by atoms with Crippen molar-refractivity contribution in [2.75, 3.05) is 26.0 Å². The summed E-state index contributed by atoms with van der Waals surface area (Å²) in [4.78, 5) is 14.4. The Morgan fingerprint density at radius 1 is 1.26 bits per heavy atom. The van der Waals surface area contributed by atoms with Gasteiger partial charge in [0.2, 0.25) is 0 Å². The van der Waals surface area contributed by atoms with Crippen LogP contribution in [0.1, 0.15) is 44.6 Å². The standard InChI is InChI=1S/C19H30N2O5S/c1-3-27(23,24)26-18-11-7-8-16(14-18)15-21(12-13-25-2)19(22)20-17-9-5-4-6-10-17/h7-8,11,14,17H,3-6,9-10,12-13,15H2,1-2H3,(H,20,22). The van der Waals surface area contributed by atoms with Gasteiger partial charge in [-0.15, -0.1) is 0 Å². The lowest BCUT2D eigenvalue weighted by Gasteiger charge is -2.28. The number of methoxy groups -OCH3 is 1. The van der Waals surface area contributed by atoms with E-state index in [0.29, 0.717) is 19.7 Å². The molecule has 0 heterocycles. The Labute approximate surface area is 162 Å². The lowest BCUT2D eigenvalue weighted by molar-refractivity contribution is 0.143. The van der Waals surface area contributed by atoms with Gasteiger partial charge in [-0.05, 0) is 37.5 Å². The maximum absolute atomic E-state index is 12.7. The van der Waals surface area contributed by atoms with Crippen molar-refractivity contribution < 1.29 is 22.1 Å². The topological polar surface area (TPSA) is 84.9 Å². The van der Waals surface area contributed by atoms with Crippen LogP contribution < -0.4 is 9.50 Å². The molecule has 0 spiro atoms. The molecule has 1 N–H and O–H groups in total. The van der Waals surface area contributed by atoms with E-state index in [9.17, 15) is 13.2 Å². The molecule has 0 aliphatic heterocycles. The molecule has 7 nitrogen and oxygen atoms in total. The fourth-order valence-corrected chi connectivity index (χ4v) is 3.60. The average molecular weight is 399 g/mol. The first kappa shape index (κ1) is 21.5. The number of amides is 2. The van der Waals surface area contributed by atoms with Gasteiger partial charge in [-0.25, -0.2) is 4.79 Å². The molecule has 0 unspecified atom stereocenters. The molecule has 1 aliphatic carbocycles. The number of carbonyl (C=O) groups is 1. The fraction of sp³-hybridized carbons (Fsp3) is 0.632. The Morgan fingerprint density at radius 2 is 2.00 bits per heavy atom. The molecule has 1 aromatic carbocycles. The third kappa shape index (κ3) is 7.38. The van der Waals surface area contributed by atoms with Crippen LogP contribution in [0.5, 0.6) is 5.75 Å². The molecule has 2 rings (SSSR count). The van der Waals surface area contributed by atoms with E-state index >= 15 is 0 Å². The highest BCUT2D eigenvalue weighted by Gasteiger charge is 2.20. The lowest BCUT2D eigenvalue weighted by Crippen LogP contribution is -2.46. The maximum Gasteiger partial charge on any atom is 0.317 e. The average Bonchev–Trinajstić information content (AvgIpc) is 2.66. The van der Waals surface area contributed by atoms with Gasteiger partial charge in [-0.3, -0.25) is 0 Å². The maximum atomic E-state index is 12.7. The Morgan fingerprint density at radius 3 is 2.67 bits per heavy atom. The fourth-order valence-electron chi connectivity index (χ4n) is 3.09. The second-order valence-corrected chi connectivity index (χ2v) is 8.64. The summed E-state index contributed by atoms with van der Waals surface area (Å²) in [5.74, 6) is 0.162. The summed E-state index contributed by atoms with van der Waals surface area (Å²) >= 11 is 0. The zero-order valence-corrected chi connectivity index (χ0v) is 17.0. The molecule has 0 atom stereocenters. The third-order valence-corrected chi connectivity index (χ3v) is 5.79. The molecule has 1 aliphatic rings. The van der Waals surface area contributed by atoms with Gasteiger partial charge < -0.3 is 19.1 Å². The number of urea groups is 1. The van der Waals surface area contributed by atoms with Crippen LogP contribution in [-0.4, -0.2) is 51.4 Å². The van der Waals surface area contributed by atoms with Gasteiger partial charge >= 0.3 is 16.1 Å². The van der Waals surface area contributed by atoms with Crippen molar-refractivity contribution >= 4 is 16.1 Å². The van der Waals surface area contributed by atoms with Crippen LogP contribution in [0.3, 0.4) is 0 Å². The van der Waals surface area contributed by atoms with Crippen LogP contribution in [-0.2, 0) is 21.4 Å². The van der Waals surface area contributed by atoms with Gasteiger partial charge in [0, 0.05) is 26.2 Å². The Hall–Kier alpha value is -1.80. The van der Waals surface area contributed by atoms with Crippen molar-refractivity contribution in [3.05, 3.63) is 29.8 Å². The van der Waals surface area contributed by atoms with Crippen molar-refractivity contribution in [1.29, 1.82) is 0 Å². The van der Waals surface area contributed by atoms with E-state index in [-0.39, 0.29) is 23.6 Å². The summed E-state index contributed by atoms with van der Waals surface area (Å²) < 4.78 is 33.5. The molecule has 27 heavy (non-hydrogen) atoms. The molecule has 0 radical (unpaired) electrons. The minimum Gasteiger partial charge on any atom is -0.383 e. The highest BCUT2D eigenvalue weighted by Crippen LogP contribution is 2.19. The quantitative estimate of drug-likeness (QED) is 0.647. The summed E-state index contributed by atoms with van der Waals surface area (Å²) in [6, 6.07) is 6.92. The van der Waals surface area contributed by atoms with Crippen LogP contribution in [0.2, 0.25) is 0 Å². The van der Waals surface area contributed by atoms with Crippen molar-refractivity contribution in [3.8, 4) is 5.75 Å². The zero-order chi connectivity index (χ0) is 19.7. The monoisotopic (exact) mass is 398 g/mol. The van der Waals surface area contributed by atoms with E-state index in [2.05, 4.69) is 5.32 Å². The van der Waals surface area contributed by atoms with E-state index in [1.54, 1.807) is 30.2 Å². The van der Waals surface area contributed by atoms with Crippen molar-refractivity contribution in [2.45, 2.75) is 51.6 Å². The van der Waals surface area contributed by atoms with Crippen LogP contribution in [0.25, 0.3) is 0 Å². The normalized spacial score (nSPS) is 15.3. The van der Waals surface area contributed by atoms with E-state index in [4.69, 9.17) is 8.92 Å². The number of rotatable bonds is 9. The summed E-state index contributed by atoms with van der Waals surface area (Å²) in [5, 5.41) is 3.11. The SMILES string of the molecule is CCS(=O)(=O)Oc1cccc(CN(CCOC)C(=O)NC2CCCCC2)c1. The molecule has 2 amide bonds. The van der Waals surface area contributed by atoms with Crippen LogP contribution in [0, 0.1) is 0 Å². The predicted octanol–water partition coefficient (Wildman–Crippen LogP) is 2.91. The number of benzene rings is 1. The number of ether oxygens (including phenoxy) is 1. The molecule has 1 aromatic rings. The van der Waals surface area contributed by atoms with E-state index < -0.39 is 10.1 Å². The highest BCUT2D eigenvalue weighted by atomic mass is 32.2. The lowest BCUT2D eigenvalue weighted by atomic mass is 9.96. The van der Waals surface area contributed by atoms with Gasteiger partial charge in [0.25, 0.3) is 0 Å². The Balaban J connectivity index is 2.04. The second kappa shape index (κ2) is 10.5. The molecular weight excluding hydrogens is 368 g/mol. The minimum atomic E-state index is -3.58. The van der Waals surface area contributed by atoms with Gasteiger partial charge in [-0.1, -0.05) is 31.4 Å². The van der Waals surface area contributed by atoms with Crippen molar-refractivity contribution in [2.24, 2.45) is 0 Å². The van der Waals surface area contributed by atoms with Crippen molar-refractivity contribution in [1.82, 2.24) is 10.2 Å². The number of hydrogen-bond acceptors (Lipinski definition) is 5. The number of carbonyl (C=O) groups excluding carboxylic acids is 1. The molecule has 8 heteroatoms. The molecule has 152 valence electrons. The molecule has 0 aromatic heterocycles. The van der Waals surface area contributed by atoms with E-state index in [1.807, 2.05) is 6.07 Å². The summed E-state index contributed by atoms with van der Waals surface area (Å²) in [6.07, 6.45) is 5.56. The van der Waals surface area contributed by atoms with E-state index in [1.165, 1.54) is 13.3 Å². The second-order valence-electron chi connectivity index (χ2n) is 6.78. The van der Waals surface area contributed by atoms with Gasteiger partial charge in [0.15, 0.2) is 0 Å². The van der Waals surface area contributed by atoms with Gasteiger partial charge in [0.05, 0.1) is 12.4 Å². The van der Waals surface area contributed by atoms with Crippen molar-refractivity contribution in [3.63, 3.8) is 0 Å². The predicted molar refractivity (Wildman–Crippen MR) is 104 cm³/mol. The first-order valence-electron chi connectivity index (χ1n) is 9.49. The summed E-state index contributed by atoms with van der Waals surface area (Å²) in [6.45, 7) is 2.76. The highest BCUT2D eigenvalue weighted by molar-refractivity contribution is 7.87. The molecule has 0 bridgehead atoms. The smallest absolute Gasteiger partial charge is 0.317 e. The van der Waals surface area contributed by atoms with Crippen LogP contribution >= 0.6 is 0 Å². The van der Waals surface area contributed by atoms with Gasteiger partial charge in [0.1, 0.15) is 5.75 Å².